The predicted molar refractivity (Wildman–Crippen MR) is 88.9 cm³/mol. The molecule has 1 unspecified atom stereocenters. The summed E-state index contributed by atoms with van der Waals surface area (Å²) >= 11 is 0. The van der Waals surface area contributed by atoms with E-state index in [-0.39, 0.29) is 29.9 Å². The molecule has 1 aromatic carbocycles. The number of likely N-dealkylation sites (tertiary alicyclic amines) is 1. The van der Waals surface area contributed by atoms with Crippen molar-refractivity contribution in [3.05, 3.63) is 35.6 Å². The van der Waals surface area contributed by atoms with E-state index in [0.717, 1.165) is 31.4 Å². The van der Waals surface area contributed by atoms with Crippen LogP contribution in [0.3, 0.4) is 0 Å². The molecular formula is C18H27FN2O2. The molecule has 2 N–H and O–H groups in total. The second-order valence-electron chi connectivity index (χ2n) is 6.90. The molecule has 1 atom stereocenters. The van der Waals surface area contributed by atoms with Gasteiger partial charge in [0.05, 0.1) is 0 Å². The fraction of sp³-hybridized carbons (Fsp3) is 0.611. The van der Waals surface area contributed by atoms with E-state index >= 15 is 0 Å². The van der Waals surface area contributed by atoms with Crippen LogP contribution in [-0.4, -0.2) is 41.8 Å². The molecule has 2 rings (SSSR count). The number of aliphatic hydroxyl groups is 1. The van der Waals surface area contributed by atoms with E-state index in [1.165, 1.54) is 12.1 Å². The van der Waals surface area contributed by atoms with E-state index in [4.69, 9.17) is 5.11 Å². The SMILES string of the molecule is CC(C)(CNC(=O)N1CCCCC1CCO)c1ccc(F)cc1. The van der Waals surface area contributed by atoms with Crippen molar-refractivity contribution in [2.24, 2.45) is 0 Å². The maximum absolute atomic E-state index is 13.1. The van der Waals surface area contributed by atoms with Crippen LogP contribution in [0.5, 0.6) is 0 Å². The molecule has 5 heteroatoms. The van der Waals surface area contributed by atoms with Gasteiger partial charge in [-0.05, 0) is 43.4 Å². The normalized spacial score (nSPS) is 18.8. The Balaban J connectivity index is 1.95. The summed E-state index contributed by atoms with van der Waals surface area (Å²) in [6.07, 6.45) is 3.70. The Bertz CT molecular complexity index is 514. The molecule has 1 saturated heterocycles. The third-order valence-corrected chi connectivity index (χ3v) is 4.66. The third-order valence-electron chi connectivity index (χ3n) is 4.66. The van der Waals surface area contributed by atoms with Gasteiger partial charge in [0, 0.05) is 31.2 Å². The van der Waals surface area contributed by atoms with Crippen LogP contribution in [0.1, 0.15) is 45.1 Å². The van der Waals surface area contributed by atoms with E-state index in [2.05, 4.69) is 5.32 Å². The number of hydrogen-bond acceptors (Lipinski definition) is 2. The van der Waals surface area contributed by atoms with Crippen molar-refractivity contribution in [2.75, 3.05) is 19.7 Å². The van der Waals surface area contributed by atoms with Gasteiger partial charge in [-0.1, -0.05) is 26.0 Å². The number of aliphatic hydroxyl groups excluding tert-OH is 1. The summed E-state index contributed by atoms with van der Waals surface area (Å²) in [5.41, 5.74) is 0.718. The first-order chi connectivity index (χ1) is 10.9. The maximum Gasteiger partial charge on any atom is 0.317 e. The smallest absolute Gasteiger partial charge is 0.317 e. The zero-order chi connectivity index (χ0) is 16.9. The number of carbonyl (C=O) groups excluding carboxylic acids is 1. The highest BCUT2D eigenvalue weighted by atomic mass is 19.1. The molecule has 4 nitrogen and oxygen atoms in total. The topological polar surface area (TPSA) is 52.6 Å². The van der Waals surface area contributed by atoms with Crippen molar-refractivity contribution in [1.29, 1.82) is 0 Å². The predicted octanol–water partition coefficient (Wildman–Crippen LogP) is 3.05. The molecule has 0 spiro atoms. The Morgan fingerprint density at radius 3 is 2.70 bits per heavy atom. The minimum Gasteiger partial charge on any atom is -0.396 e. The second kappa shape index (κ2) is 7.77. The standard InChI is InChI=1S/C18H27FN2O2/c1-18(2,14-6-8-15(19)9-7-14)13-20-17(23)21-11-4-3-5-16(21)10-12-22/h6-9,16,22H,3-5,10-13H2,1-2H3,(H,20,23). The number of hydrogen-bond donors (Lipinski definition) is 2. The summed E-state index contributed by atoms with van der Waals surface area (Å²) < 4.78 is 13.1. The Morgan fingerprint density at radius 1 is 1.35 bits per heavy atom. The van der Waals surface area contributed by atoms with E-state index in [0.29, 0.717) is 13.0 Å². The molecule has 0 saturated carbocycles. The molecule has 0 aliphatic carbocycles. The first kappa shape index (κ1) is 17.7. The minimum atomic E-state index is -0.272. The van der Waals surface area contributed by atoms with Gasteiger partial charge in [-0.3, -0.25) is 0 Å². The van der Waals surface area contributed by atoms with Crippen molar-refractivity contribution < 1.29 is 14.3 Å². The average molecular weight is 322 g/mol. The summed E-state index contributed by atoms with van der Waals surface area (Å²) in [6, 6.07) is 6.47. The Labute approximate surface area is 137 Å². The van der Waals surface area contributed by atoms with Crippen molar-refractivity contribution in [1.82, 2.24) is 10.2 Å². The molecule has 1 aliphatic rings. The van der Waals surface area contributed by atoms with E-state index in [9.17, 15) is 9.18 Å². The molecule has 0 bridgehead atoms. The number of amides is 2. The minimum absolute atomic E-state index is 0.0710. The second-order valence-corrected chi connectivity index (χ2v) is 6.90. The lowest BCUT2D eigenvalue weighted by Gasteiger charge is -2.36. The van der Waals surface area contributed by atoms with Crippen LogP contribution in [0.15, 0.2) is 24.3 Å². The summed E-state index contributed by atoms with van der Waals surface area (Å²) in [5, 5.41) is 12.2. The number of benzene rings is 1. The highest BCUT2D eigenvalue weighted by Crippen LogP contribution is 2.23. The molecule has 1 aromatic rings. The summed E-state index contributed by atoms with van der Waals surface area (Å²) in [6.45, 7) is 5.40. The van der Waals surface area contributed by atoms with Crippen LogP contribution >= 0.6 is 0 Å². The zero-order valence-electron chi connectivity index (χ0n) is 14.0. The van der Waals surface area contributed by atoms with E-state index in [1.54, 1.807) is 12.1 Å². The number of urea groups is 1. The van der Waals surface area contributed by atoms with Gasteiger partial charge in [0.1, 0.15) is 5.82 Å². The molecule has 1 heterocycles. The van der Waals surface area contributed by atoms with Crippen LogP contribution in [0.25, 0.3) is 0 Å². The van der Waals surface area contributed by atoms with Crippen molar-refractivity contribution in [3.63, 3.8) is 0 Å². The number of nitrogens with one attached hydrogen (secondary N) is 1. The molecule has 0 radical (unpaired) electrons. The molecule has 1 aliphatic heterocycles. The monoisotopic (exact) mass is 322 g/mol. The highest BCUT2D eigenvalue weighted by molar-refractivity contribution is 5.74. The highest BCUT2D eigenvalue weighted by Gasteiger charge is 2.28. The first-order valence-corrected chi connectivity index (χ1v) is 8.35. The molecule has 23 heavy (non-hydrogen) atoms. The Morgan fingerprint density at radius 2 is 2.04 bits per heavy atom. The van der Waals surface area contributed by atoms with Gasteiger partial charge in [0.2, 0.25) is 0 Å². The maximum atomic E-state index is 13.1. The van der Waals surface area contributed by atoms with Gasteiger partial charge in [-0.25, -0.2) is 9.18 Å². The van der Waals surface area contributed by atoms with Gasteiger partial charge in [0.25, 0.3) is 0 Å². The lowest BCUT2D eigenvalue weighted by Crippen LogP contribution is -2.51. The van der Waals surface area contributed by atoms with Gasteiger partial charge >= 0.3 is 6.03 Å². The Hall–Kier alpha value is -1.62. The lowest BCUT2D eigenvalue weighted by atomic mass is 9.84. The van der Waals surface area contributed by atoms with E-state index in [1.807, 2.05) is 18.7 Å². The summed E-state index contributed by atoms with van der Waals surface area (Å²) in [5.74, 6) is -0.256. The largest absolute Gasteiger partial charge is 0.396 e. The van der Waals surface area contributed by atoms with E-state index < -0.39 is 0 Å². The number of rotatable bonds is 5. The summed E-state index contributed by atoms with van der Waals surface area (Å²) in [4.78, 5) is 14.3. The Kier molecular flexibility index (Phi) is 5.99. The van der Waals surface area contributed by atoms with Crippen LogP contribution in [0, 0.1) is 5.82 Å². The van der Waals surface area contributed by atoms with Gasteiger partial charge < -0.3 is 15.3 Å². The molecule has 1 fully saturated rings. The molecule has 128 valence electrons. The van der Waals surface area contributed by atoms with Crippen molar-refractivity contribution in [3.8, 4) is 0 Å². The summed E-state index contributed by atoms with van der Waals surface area (Å²) in [7, 11) is 0. The molecule has 2 amide bonds. The lowest BCUT2D eigenvalue weighted by molar-refractivity contribution is 0.130. The average Bonchev–Trinajstić information content (AvgIpc) is 2.54. The van der Waals surface area contributed by atoms with Gasteiger partial charge in [-0.2, -0.15) is 0 Å². The van der Waals surface area contributed by atoms with Crippen LogP contribution < -0.4 is 5.32 Å². The quantitative estimate of drug-likeness (QED) is 0.875. The fourth-order valence-electron chi connectivity index (χ4n) is 3.12. The van der Waals surface area contributed by atoms with Crippen LogP contribution in [-0.2, 0) is 5.41 Å². The van der Waals surface area contributed by atoms with Crippen molar-refractivity contribution >= 4 is 6.03 Å². The number of piperidine rings is 1. The van der Waals surface area contributed by atoms with Crippen LogP contribution in [0.2, 0.25) is 0 Å². The fourth-order valence-corrected chi connectivity index (χ4v) is 3.12. The van der Waals surface area contributed by atoms with Crippen molar-refractivity contribution in [2.45, 2.75) is 51.0 Å². The van der Waals surface area contributed by atoms with Gasteiger partial charge in [-0.15, -0.1) is 0 Å². The number of halogens is 1. The number of carbonyl (C=O) groups is 1. The molecule has 0 aromatic heterocycles. The number of nitrogens with zero attached hydrogens (tertiary/aromatic N) is 1. The van der Waals surface area contributed by atoms with Crippen LogP contribution in [0.4, 0.5) is 9.18 Å². The third kappa shape index (κ3) is 4.67. The van der Waals surface area contributed by atoms with Gasteiger partial charge in [0.15, 0.2) is 0 Å². The molecular weight excluding hydrogens is 295 g/mol. The first-order valence-electron chi connectivity index (χ1n) is 8.35. The zero-order valence-corrected chi connectivity index (χ0v) is 14.0.